The number of nitrogens with zero attached hydrogens (tertiary/aromatic N) is 1. The van der Waals surface area contributed by atoms with E-state index in [1.807, 2.05) is 37.3 Å². The summed E-state index contributed by atoms with van der Waals surface area (Å²) in [4.78, 5) is 14.6. The fraction of sp³-hybridized carbons (Fsp3) is 0.409. The average molecular weight is 367 g/mol. The molecule has 1 saturated heterocycles. The van der Waals surface area contributed by atoms with Crippen molar-refractivity contribution in [2.24, 2.45) is 0 Å². The number of carbonyl (C=O) groups excluding carboxylic acids is 1. The first-order valence-electron chi connectivity index (χ1n) is 9.72. The number of ether oxygens (including phenoxy) is 1. The number of carbonyl (C=O) groups is 1. The van der Waals surface area contributed by atoms with Crippen LogP contribution in [-0.2, 0) is 0 Å². The minimum absolute atomic E-state index is 0.150. The van der Waals surface area contributed by atoms with Gasteiger partial charge >= 0.3 is 6.03 Å². The summed E-state index contributed by atoms with van der Waals surface area (Å²) in [5.74, 6) is 0.829. The van der Waals surface area contributed by atoms with Crippen molar-refractivity contribution in [1.82, 2.24) is 15.5 Å². The molecular formula is C22H29N3O2. The third kappa shape index (κ3) is 6.00. The molecule has 0 aromatic heterocycles. The first kappa shape index (κ1) is 19.2. The van der Waals surface area contributed by atoms with E-state index in [-0.39, 0.29) is 12.1 Å². The molecule has 1 unspecified atom stereocenters. The van der Waals surface area contributed by atoms with Crippen LogP contribution in [0.15, 0.2) is 54.6 Å². The van der Waals surface area contributed by atoms with Gasteiger partial charge in [0.05, 0.1) is 12.6 Å². The first-order valence-corrected chi connectivity index (χ1v) is 9.72. The molecule has 2 amide bonds. The largest absolute Gasteiger partial charge is 0.492 e. The van der Waals surface area contributed by atoms with Gasteiger partial charge in [0.15, 0.2) is 0 Å². The van der Waals surface area contributed by atoms with Crippen LogP contribution >= 0.6 is 0 Å². The molecule has 5 nitrogen and oxygen atoms in total. The maximum atomic E-state index is 12.2. The molecule has 1 aliphatic heterocycles. The zero-order chi connectivity index (χ0) is 18.9. The Labute approximate surface area is 161 Å². The highest BCUT2D eigenvalue weighted by molar-refractivity contribution is 5.73. The first-order chi connectivity index (χ1) is 13.2. The van der Waals surface area contributed by atoms with Crippen molar-refractivity contribution in [2.75, 3.05) is 32.8 Å². The van der Waals surface area contributed by atoms with E-state index in [1.54, 1.807) is 0 Å². The Kier molecular flexibility index (Phi) is 7.11. The number of hydrogen-bond acceptors (Lipinski definition) is 3. The highest BCUT2D eigenvalue weighted by Gasteiger charge is 2.23. The van der Waals surface area contributed by atoms with Crippen molar-refractivity contribution < 1.29 is 9.53 Å². The molecule has 144 valence electrons. The Hall–Kier alpha value is -2.53. The fourth-order valence-corrected chi connectivity index (χ4v) is 3.48. The molecule has 0 radical (unpaired) electrons. The van der Waals surface area contributed by atoms with Crippen molar-refractivity contribution >= 4 is 6.03 Å². The van der Waals surface area contributed by atoms with Crippen LogP contribution in [0.1, 0.15) is 30.0 Å². The molecule has 5 heteroatoms. The van der Waals surface area contributed by atoms with E-state index in [2.05, 4.69) is 39.8 Å². The summed E-state index contributed by atoms with van der Waals surface area (Å²) in [5.41, 5.74) is 2.41. The zero-order valence-corrected chi connectivity index (χ0v) is 16.0. The second-order valence-electron chi connectivity index (χ2n) is 6.97. The number of benzene rings is 2. The molecule has 3 rings (SSSR count). The number of rotatable bonds is 8. The molecule has 27 heavy (non-hydrogen) atoms. The van der Waals surface area contributed by atoms with Crippen molar-refractivity contribution in [3.8, 4) is 5.75 Å². The number of urea groups is 1. The standard InChI is InChI=1S/C22H29N3O2/c1-18-8-7-11-20(16-18)27-15-12-23-22(26)24-17-21(25-13-5-6-14-25)19-9-3-2-4-10-19/h2-4,7-11,16,21H,5-6,12-15,17H2,1H3,(H2,23,24,26). The summed E-state index contributed by atoms with van der Waals surface area (Å²) in [6.07, 6.45) is 2.46. The monoisotopic (exact) mass is 367 g/mol. The molecule has 1 fully saturated rings. The molecule has 0 aliphatic carbocycles. The maximum absolute atomic E-state index is 12.2. The Morgan fingerprint density at radius 3 is 2.59 bits per heavy atom. The lowest BCUT2D eigenvalue weighted by atomic mass is 10.1. The average Bonchev–Trinajstić information content (AvgIpc) is 3.21. The SMILES string of the molecule is Cc1cccc(OCCNC(=O)NCC(c2ccccc2)N2CCCC2)c1. The van der Waals surface area contributed by atoms with Crippen molar-refractivity contribution in [3.63, 3.8) is 0 Å². The van der Waals surface area contributed by atoms with Crippen molar-refractivity contribution in [1.29, 1.82) is 0 Å². The van der Waals surface area contributed by atoms with E-state index in [9.17, 15) is 4.79 Å². The lowest BCUT2D eigenvalue weighted by molar-refractivity contribution is 0.218. The number of amides is 2. The number of aryl methyl sites for hydroxylation is 1. The van der Waals surface area contributed by atoms with Gasteiger partial charge in [-0.2, -0.15) is 0 Å². The van der Waals surface area contributed by atoms with Crippen LogP contribution in [0.2, 0.25) is 0 Å². The molecule has 1 heterocycles. The molecule has 0 bridgehead atoms. The van der Waals surface area contributed by atoms with E-state index in [4.69, 9.17) is 4.74 Å². The summed E-state index contributed by atoms with van der Waals surface area (Å²) >= 11 is 0. The molecule has 1 atom stereocenters. The van der Waals surface area contributed by atoms with Gasteiger partial charge in [0, 0.05) is 6.54 Å². The van der Waals surface area contributed by atoms with E-state index < -0.39 is 0 Å². The lowest BCUT2D eigenvalue weighted by Gasteiger charge is -2.28. The highest BCUT2D eigenvalue weighted by Crippen LogP contribution is 2.24. The van der Waals surface area contributed by atoms with Crippen LogP contribution < -0.4 is 15.4 Å². The third-order valence-corrected chi connectivity index (χ3v) is 4.87. The van der Waals surface area contributed by atoms with Crippen LogP contribution in [0.3, 0.4) is 0 Å². The van der Waals surface area contributed by atoms with Gasteiger partial charge in [-0.05, 0) is 56.1 Å². The Bertz CT molecular complexity index is 715. The Balaban J connectivity index is 1.42. The van der Waals surface area contributed by atoms with Crippen LogP contribution in [0, 0.1) is 6.92 Å². The van der Waals surface area contributed by atoms with Gasteiger partial charge in [0.2, 0.25) is 0 Å². The normalized spacial score (nSPS) is 15.3. The molecule has 1 aliphatic rings. The van der Waals surface area contributed by atoms with E-state index in [1.165, 1.54) is 18.4 Å². The van der Waals surface area contributed by atoms with Gasteiger partial charge in [-0.1, -0.05) is 42.5 Å². The molecule has 2 aromatic carbocycles. The number of likely N-dealkylation sites (tertiary alicyclic amines) is 1. The summed E-state index contributed by atoms with van der Waals surface area (Å²) in [6, 6.07) is 18.4. The molecule has 0 spiro atoms. The lowest BCUT2D eigenvalue weighted by Crippen LogP contribution is -2.42. The maximum Gasteiger partial charge on any atom is 0.314 e. The minimum Gasteiger partial charge on any atom is -0.492 e. The van der Waals surface area contributed by atoms with Crippen LogP contribution in [0.25, 0.3) is 0 Å². The molecule has 2 N–H and O–H groups in total. The van der Waals surface area contributed by atoms with E-state index >= 15 is 0 Å². The predicted molar refractivity (Wildman–Crippen MR) is 108 cm³/mol. The van der Waals surface area contributed by atoms with Gasteiger partial charge in [-0.25, -0.2) is 4.79 Å². The van der Waals surface area contributed by atoms with Crippen LogP contribution in [0.5, 0.6) is 5.75 Å². The summed E-state index contributed by atoms with van der Waals surface area (Å²) in [7, 11) is 0. The van der Waals surface area contributed by atoms with Crippen molar-refractivity contribution in [2.45, 2.75) is 25.8 Å². The van der Waals surface area contributed by atoms with Gasteiger partial charge in [-0.3, -0.25) is 4.90 Å². The second kappa shape index (κ2) is 9.97. The summed E-state index contributed by atoms with van der Waals surface area (Å²) < 4.78 is 5.66. The Morgan fingerprint density at radius 2 is 1.85 bits per heavy atom. The predicted octanol–water partition coefficient (Wildman–Crippen LogP) is 3.51. The highest BCUT2D eigenvalue weighted by atomic mass is 16.5. The summed E-state index contributed by atoms with van der Waals surface area (Å²) in [6.45, 7) is 5.74. The van der Waals surface area contributed by atoms with Gasteiger partial charge in [-0.15, -0.1) is 0 Å². The zero-order valence-electron chi connectivity index (χ0n) is 16.0. The van der Waals surface area contributed by atoms with E-state index in [0.717, 1.165) is 24.4 Å². The van der Waals surface area contributed by atoms with Gasteiger partial charge in [0.1, 0.15) is 12.4 Å². The van der Waals surface area contributed by atoms with Gasteiger partial charge in [0.25, 0.3) is 0 Å². The Morgan fingerprint density at radius 1 is 1.07 bits per heavy atom. The van der Waals surface area contributed by atoms with Gasteiger partial charge < -0.3 is 15.4 Å². The van der Waals surface area contributed by atoms with Crippen LogP contribution in [0.4, 0.5) is 4.79 Å². The number of nitrogens with one attached hydrogen (secondary N) is 2. The van der Waals surface area contributed by atoms with Crippen molar-refractivity contribution in [3.05, 3.63) is 65.7 Å². The third-order valence-electron chi connectivity index (χ3n) is 4.87. The molecule has 0 saturated carbocycles. The smallest absolute Gasteiger partial charge is 0.314 e. The van der Waals surface area contributed by atoms with Crippen LogP contribution in [-0.4, -0.2) is 43.7 Å². The molecule has 2 aromatic rings. The topological polar surface area (TPSA) is 53.6 Å². The minimum atomic E-state index is -0.150. The number of hydrogen-bond donors (Lipinski definition) is 2. The summed E-state index contributed by atoms with van der Waals surface area (Å²) in [5, 5.41) is 5.89. The second-order valence-corrected chi connectivity index (χ2v) is 6.97. The van der Waals surface area contributed by atoms with E-state index in [0.29, 0.717) is 19.7 Å². The molecular weight excluding hydrogens is 338 g/mol. The quantitative estimate of drug-likeness (QED) is 0.702. The fourth-order valence-electron chi connectivity index (χ4n) is 3.48.